The Morgan fingerprint density at radius 1 is 1.44 bits per heavy atom. The van der Waals surface area contributed by atoms with Crippen LogP contribution in [0.25, 0.3) is 0 Å². The van der Waals surface area contributed by atoms with Crippen LogP contribution in [0, 0.1) is 5.92 Å². The molecule has 2 unspecified atom stereocenters. The van der Waals surface area contributed by atoms with Crippen molar-refractivity contribution in [2.75, 3.05) is 32.9 Å². The van der Waals surface area contributed by atoms with E-state index in [-0.39, 0.29) is 0 Å². The van der Waals surface area contributed by atoms with Crippen LogP contribution < -0.4 is 5.32 Å². The first kappa shape index (κ1) is 12.7. The van der Waals surface area contributed by atoms with Gasteiger partial charge in [-0.25, -0.2) is 0 Å². The van der Waals surface area contributed by atoms with Gasteiger partial charge in [-0.1, -0.05) is 13.3 Å². The van der Waals surface area contributed by atoms with Crippen molar-refractivity contribution in [1.29, 1.82) is 0 Å². The van der Waals surface area contributed by atoms with Crippen LogP contribution in [0.2, 0.25) is 0 Å². The second kappa shape index (κ2) is 5.28. The minimum Gasteiger partial charge on any atom is -0.317 e. The summed E-state index contributed by atoms with van der Waals surface area (Å²) >= 11 is 2.10. The lowest BCUT2D eigenvalue weighted by Gasteiger charge is -2.46. The number of hydrogen-bond donors (Lipinski definition) is 1. The Balaban J connectivity index is 1.83. The van der Waals surface area contributed by atoms with Gasteiger partial charge in [-0.2, -0.15) is 11.8 Å². The number of nitrogens with one attached hydrogen (secondary N) is 1. The standard InChI is InChI=1S/C13H26N2S/c1-11-9-15(8-5-12(11)14-2)10-13(16-3)6-4-7-13/h11-12,14H,4-10H2,1-3H3. The SMILES string of the molecule is CNC1CCN(CC2(SC)CCC2)CC1C. The van der Waals surface area contributed by atoms with E-state index in [9.17, 15) is 0 Å². The second-order valence-corrected chi connectivity index (χ2v) is 6.91. The van der Waals surface area contributed by atoms with Gasteiger partial charge < -0.3 is 10.2 Å². The molecule has 1 saturated heterocycles. The van der Waals surface area contributed by atoms with Gasteiger partial charge in [-0.15, -0.1) is 0 Å². The van der Waals surface area contributed by atoms with Gasteiger partial charge in [0.2, 0.25) is 0 Å². The molecule has 1 aliphatic heterocycles. The topological polar surface area (TPSA) is 15.3 Å². The van der Waals surface area contributed by atoms with Crippen LogP contribution in [0.1, 0.15) is 32.6 Å². The summed E-state index contributed by atoms with van der Waals surface area (Å²) in [7, 11) is 2.10. The maximum absolute atomic E-state index is 3.45. The Morgan fingerprint density at radius 3 is 2.62 bits per heavy atom. The van der Waals surface area contributed by atoms with Gasteiger partial charge in [0, 0.05) is 23.9 Å². The van der Waals surface area contributed by atoms with Gasteiger partial charge >= 0.3 is 0 Å². The van der Waals surface area contributed by atoms with Crippen LogP contribution in [-0.4, -0.2) is 48.6 Å². The third-order valence-electron chi connectivity index (χ3n) is 4.57. The van der Waals surface area contributed by atoms with Crippen LogP contribution in [0.15, 0.2) is 0 Å². The highest BCUT2D eigenvalue weighted by molar-refractivity contribution is 8.00. The third kappa shape index (κ3) is 2.57. The van der Waals surface area contributed by atoms with E-state index in [0.29, 0.717) is 4.75 Å². The Hall–Kier alpha value is 0.270. The zero-order valence-corrected chi connectivity index (χ0v) is 11.8. The summed E-state index contributed by atoms with van der Waals surface area (Å²) in [6, 6.07) is 0.739. The lowest BCUT2D eigenvalue weighted by molar-refractivity contribution is 0.122. The smallest absolute Gasteiger partial charge is 0.0284 e. The highest BCUT2D eigenvalue weighted by atomic mass is 32.2. The molecule has 1 aliphatic carbocycles. The van der Waals surface area contributed by atoms with E-state index in [1.54, 1.807) is 0 Å². The Bertz CT molecular complexity index is 222. The first-order valence-corrected chi connectivity index (χ1v) is 7.86. The summed E-state index contributed by atoms with van der Waals surface area (Å²) in [6.45, 7) is 6.29. The molecule has 2 aliphatic rings. The lowest BCUT2D eigenvalue weighted by atomic mass is 9.82. The van der Waals surface area contributed by atoms with E-state index in [4.69, 9.17) is 0 Å². The average molecular weight is 242 g/mol. The number of hydrogen-bond acceptors (Lipinski definition) is 3. The van der Waals surface area contributed by atoms with Crippen molar-refractivity contribution in [3.8, 4) is 0 Å². The zero-order valence-electron chi connectivity index (χ0n) is 11.0. The summed E-state index contributed by atoms with van der Waals surface area (Å²) in [5.41, 5.74) is 0. The Morgan fingerprint density at radius 2 is 2.19 bits per heavy atom. The summed E-state index contributed by atoms with van der Waals surface area (Å²) in [5, 5.41) is 3.45. The molecule has 3 heteroatoms. The van der Waals surface area contributed by atoms with Gasteiger partial charge in [0.05, 0.1) is 0 Å². The Labute approximate surface area is 105 Å². The molecule has 0 aromatic carbocycles. The lowest BCUT2D eigenvalue weighted by Crippen LogP contribution is -2.52. The minimum atomic E-state index is 0.617. The molecule has 0 bridgehead atoms. The summed E-state index contributed by atoms with van der Waals surface area (Å²) in [6.07, 6.45) is 7.94. The van der Waals surface area contributed by atoms with E-state index >= 15 is 0 Å². The van der Waals surface area contributed by atoms with Gasteiger partial charge in [0.25, 0.3) is 0 Å². The fourth-order valence-electron chi connectivity index (χ4n) is 3.21. The first-order valence-electron chi connectivity index (χ1n) is 6.64. The average Bonchev–Trinajstić information content (AvgIpc) is 2.24. The molecule has 1 N–H and O–H groups in total. The van der Waals surface area contributed by atoms with Crippen molar-refractivity contribution in [1.82, 2.24) is 10.2 Å². The molecule has 2 rings (SSSR count). The molecule has 1 saturated carbocycles. The quantitative estimate of drug-likeness (QED) is 0.814. The van der Waals surface area contributed by atoms with Crippen molar-refractivity contribution in [2.24, 2.45) is 5.92 Å². The first-order chi connectivity index (χ1) is 7.69. The summed E-state index contributed by atoms with van der Waals surface area (Å²) in [4.78, 5) is 2.70. The number of likely N-dealkylation sites (tertiary alicyclic amines) is 1. The Kier molecular flexibility index (Phi) is 4.20. The minimum absolute atomic E-state index is 0.617. The molecule has 1 heterocycles. The van der Waals surface area contributed by atoms with Crippen LogP contribution in [0.5, 0.6) is 0 Å². The van der Waals surface area contributed by atoms with Crippen LogP contribution in [-0.2, 0) is 0 Å². The monoisotopic (exact) mass is 242 g/mol. The molecule has 94 valence electrons. The predicted molar refractivity (Wildman–Crippen MR) is 73.2 cm³/mol. The van der Waals surface area contributed by atoms with Gasteiger partial charge in [0.15, 0.2) is 0 Å². The number of rotatable bonds is 4. The summed E-state index contributed by atoms with van der Waals surface area (Å²) in [5.74, 6) is 0.803. The molecular weight excluding hydrogens is 216 g/mol. The van der Waals surface area contributed by atoms with Crippen LogP contribution >= 0.6 is 11.8 Å². The van der Waals surface area contributed by atoms with E-state index in [1.807, 2.05) is 0 Å². The molecule has 0 spiro atoms. The van der Waals surface area contributed by atoms with E-state index < -0.39 is 0 Å². The number of nitrogens with zero attached hydrogens (tertiary/aromatic N) is 1. The van der Waals surface area contributed by atoms with E-state index in [2.05, 4.69) is 42.2 Å². The van der Waals surface area contributed by atoms with Crippen LogP contribution in [0.3, 0.4) is 0 Å². The van der Waals surface area contributed by atoms with Crippen molar-refractivity contribution in [3.63, 3.8) is 0 Å². The normalized spacial score (nSPS) is 34.7. The molecule has 0 aromatic heterocycles. The largest absolute Gasteiger partial charge is 0.317 e. The van der Waals surface area contributed by atoms with Crippen molar-refractivity contribution < 1.29 is 0 Å². The van der Waals surface area contributed by atoms with E-state index in [0.717, 1.165) is 12.0 Å². The molecule has 0 aromatic rings. The fraction of sp³-hybridized carbons (Fsp3) is 1.00. The third-order valence-corrected chi connectivity index (χ3v) is 5.97. The number of piperidine rings is 1. The molecule has 2 atom stereocenters. The summed E-state index contributed by atoms with van der Waals surface area (Å²) < 4.78 is 0.617. The molecule has 16 heavy (non-hydrogen) atoms. The predicted octanol–water partition coefficient (Wildman–Crippen LogP) is 2.20. The van der Waals surface area contributed by atoms with Gasteiger partial charge in [0.1, 0.15) is 0 Å². The molecular formula is C13H26N2S. The van der Waals surface area contributed by atoms with Crippen molar-refractivity contribution in [2.45, 2.75) is 43.4 Å². The number of thioether (sulfide) groups is 1. The fourth-order valence-corrected chi connectivity index (χ4v) is 4.22. The zero-order chi connectivity index (χ0) is 11.6. The van der Waals surface area contributed by atoms with Gasteiger partial charge in [-0.3, -0.25) is 0 Å². The highest BCUT2D eigenvalue weighted by Gasteiger charge is 2.39. The molecule has 0 radical (unpaired) electrons. The maximum Gasteiger partial charge on any atom is 0.0284 e. The second-order valence-electron chi connectivity index (χ2n) is 5.64. The maximum atomic E-state index is 3.45. The molecule has 0 amide bonds. The van der Waals surface area contributed by atoms with E-state index in [1.165, 1.54) is 45.3 Å². The highest BCUT2D eigenvalue weighted by Crippen LogP contribution is 2.43. The van der Waals surface area contributed by atoms with Crippen LogP contribution in [0.4, 0.5) is 0 Å². The molecule has 2 nitrogen and oxygen atoms in total. The van der Waals surface area contributed by atoms with Gasteiger partial charge in [-0.05, 0) is 45.0 Å². The molecule has 2 fully saturated rings. The van der Waals surface area contributed by atoms with Crippen molar-refractivity contribution >= 4 is 11.8 Å². The van der Waals surface area contributed by atoms with Crippen molar-refractivity contribution in [3.05, 3.63) is 0 Å².